The lowest BCUT2D eigenvalue weighted by Gasteiger charge is -2.38. The quantitative estimate of drug-likeness (QED) is 0.838. The highest BCUT2D eigenvalue weighted by atomic mass is 16.2. The van der Waals surface area contributed by atoms with Crippen LogP contribution in [0.3, 0.4) is 0 Å². The maximum atomic E-state index is 12.4. The molecular weight excluding hydrogens is 250 g/mol. The number of nitrogen functional groups attached to an aromatic ring is 1. The van der Waals surface area contributed by atoms with Gasteiger partial charge in [0.05, 0.1) is 0 Å². The fourth-order valence-electron chi connectivity index (χ4n) is 3.41. The maximum absolute atomic E-state index is 12.4. The van der Waals surface area contributed by atoms with Gasteiger partial charge in [0.25, 0.3) is 5.91 Å². The first kappa shape index (κ1) is 13.4. The second-order valence-electron chi connectivity index (χ2n) is 5.89. The normalized spacial score (nSPS) is 21.3. The van der Waals surface area contributed by atoms with E-state index in [0.717, 1.165) is 32.2 Å². The molecule has 1 saturated heterocycles. The molecule has 108 valence electrons. The molecule has 2 N–H and O–H groups in total. The molecule has 0 unspecified atom stereocenters. The van der Waals surface area contributed by atoms with Gasteiger partial charge in [-0.3, -0.25) is 9.69 Å². The van der Waals surface area contributed by atoms with Crippen molar-refractivity contribution in [3.05, 3.63) is 29.8 Å². The second-order valence-corrected chi connectivity index (χ2v) is 5.89. The van der Waals surface area contributed by atoms with Gasteiger partial charge < -0.3 is 10.6 Å². The van der Waals surface area contributed by atoms with Crippen molar-refractivity contribution in [2.24, 2.45) is 0 Å². The molecule has 1 saturated carbocycles. The summed E-state index contributed by atoms with van der Waals surface area (Å²) in [6, 6.07) is 8.04. The molecule has 1 aromatic carbocycles. The van der Waals surface area contributed by atoms with Gasteiger partial charge in [-0.2, -0.15) is 0 Å². The number of nitrogens with zero attached hydrogens (tertiary/aromatic N) is 2. The largest absolute Gasteiger partial charge is 0.399 e. The number of carbonyl (C=O) groups is 1. The standard InChI is InChI=1S/C16H23N3O/c17-14-5-3-4-13(12-14)16(20)19-10-8-18(9-11-19)15-6-1-2-7-15/h3-5,12,15H,1-2,6-11,17H2. The van der Waals surface area contributed by atoms with E-state index in [4.69, 9.17) is 5.73 Å². The highest BCUT2D eigenvalue weighted by Gasteiger charge is 2.28. The van der Waals surface area contributed by atoms with Gasteiger partial charge >= 0.3 is 0 Å². The summed E-state index contributed by atoms with van der Waals surface area (Å²) >= 11 is 0. The van der Waals surface area contributed by atoms with Crippen LogP contribution in [0.1, 0.15) is 36.0 Å². The van der Waals surface area contributed by atoms with Crippen LogP contribution in [0.5, 0.6) is 0 Å². The van der Waals surface area contributed by atoms with Crippen LogP contribution in [0, 0.1) is 0 Å². The predicted molar refractivity (Wildman–Crippen MR) is 80.6 cm³/mol. The smallest absolute Gasteiger partial charge is 0.254 e. The lowest BCUT2D eigenvalue weighted by Crippen LogP contribution is -2.51. The number of carbonyl (C=O) groups excluding carboxylic acids is 1. The summed E-state index contributed by atoms with van der Waals surface area (Å²) in [5, 5.41) is 0. The van der Waals surface area contributed by atoms with Gasteiger partial charge in [0, 0.05) is 43.5 Å². The molecule has 1 heterocycles. The van der Waals surface area contributed by atoms with Gasteiger partial charge in [0.2, 0.25) is 0 Å². The van der Waals surface area contributed by atoms with E-state index < -0.39 is 0 Å². The molecule has 1 amide bonds. The summed E-state index contributed by atoms with van der Waals surface area (Å²) in [4.78, 5) is 17.0. The molecule has 0 atom stereocenters. The number of rotatable bonds is 2. The zero-order valence-corrected chi connectivity index (χ0v) is 11.9. The fraction of sp³-hybridized carbons (Fsp3) is 0.562. The first-order chi connectivity index (χ1) is 9.74. The van der Waals surface area contributed by atoms with Crippen LogP contribution in [0.4, 0.5) is 5.69 Å². The number of hydrogen-bond donors (Lipinski definition) is 1. The molecule has 0 radical (unpaired) electrons. The van der Waals surface area contributed by atoms with Crippen molar-refractivity contribution in [3.8, 4) is 0 Å². The number of piperazine rings is 1. The van der Waals surface area contributed by atoms with Crippen molar-refractivity contribution < 1.29 is 4.79 Å². The third kappa shape index (κ3) is 2.80. The molecule has 20 heavy (non-hydrogen) atoms. The van der Waals surface area contributed by atoms with E-state index in [2.05, 4.69) is 4.90 Å². The van der Waals surface area contributed by atoms with Crippen molar-refractivity contribution >= 4 is 11.6 Å². The van der Waals surface area contributed by atoms with Crippen molar-refractivity contribution in [3.63, 3.8) is 0 Å². The van der Waals surface area contributed by atoms with Crippen LogP contribution in [0.25, 0.3) is 0 Å². The molecule has 2 fully saturated rings. The van der Waals surface area contributed by atoms with Gasteiger partial charge in [0.15, 0.2) is 0 Å². The van der Waals surface area contributed by atoms with Crippen LogP contribution in [-0.4, -0.2) is 47.9 Å². The SMILES string of the molecule is Nc1cccc(C(=O)N2CCN(C3CCCC3)CC2)c1. The molecule has 4 nitrogen and oxygen atoms in total. The summed E-state index contributed by atoms with van der Waals surface area (Å²) in [5.74, 6) is 0.114. The Balaban J connectivity index is 1.58. The highest BCUT2D eigenvalue weighted by Crippen LogP contribution is 2.24. The van der Waals surface area contributed by atoms with Crippen LogP contribution in [0.15, 0.2) is 24.3 Å². The molecule has 1 aromatic rings. The lowest BCUT2D eigenvalue weighted by molar-refractivity contribution is 0.0573. The Kier molecular flexibility index (Phi) is 3.92. The van der Waals surface area contributed by atoms with Crippen LogP contribution in [0.2, 0.25) is 0 Å². The van der Waals surface area contributed by atoms with Gasteiger partial charge in [-0.05, 0) is 31.0 Å². The second kappa shape index (κ2) is 5.83. The summed E-state index contributed by atoms with van der Waals surface area (Å²) in [5.41, 5.74) is 7.11. The highest BCUT2D eigenvalue weighted by molar-refractivity contribution is 5.95. The van der Waals surface area contributed by atoms with Gasteiger partial charge in [-0.1, -0.05) is 18.9 Å². The van der Waals surface area contributed by atoms with Gasteiger partial charge in [-0.25, -0.2) is 0 Å². The molecule has 0 spiro atoms. The average molecular weight is 273 g/mol. The summed E-state index contributed by atoms with van der Waals surface area (Å²) in [7, 11) is 0. The third-order valence-corrected chi connectivity index (χ3v) is 4.58. The van der Waals surface area contributed by atoms with Crippen molar-refractivity contribution in [1.82, 2.24) is 9.80 Å². The number of anilines is 1. The Morgan fingerprint density at radius 3 is 2.45 bits per heavy atom. The zero-order valence-electron chi connectivity index (χ0n) is 11.9. The van der Waals surface area contributed by atoms with E-state index >= 15 is 0 Å². The zero-order chi connectivity index (χ0) is 13.9. The molecular formula is C16H23N3O. The molecule has 4 heteroatoms. The number of amides is 1. The number of hydrogen-bond acceptors (Lipinski definition) is 3. The van der Waals surface area contributed by atoms with E-state index in [-0.39, 0.29) is 5.91 Å². The lowest BCUT2D eigenvalue weighted by atomic mass is 10.1. The van der Waals surface area contributed by atoms with Gasteiger partial charge in [-0.15, -0.1) is 0 Å². The molecule has 1 aliphatic carbocycles. The van der Waals surface area contributed by atoms with Crippen LogP contribution in [-0.2, 0) is 0 Å². The molecule has 1 aliphatic heterocycles. The number of nitrogens with two attached hydrogens (primary N) is 1. The maximum Gasteiger partial charge on any atom is 0.254 e. The van der Waals surface area contributed by atoms with E-state index in [0.29, 0.717) is 11.3 Å². The monoisotopic (exact) mass is 273 g/mol. The Morgan fingerprint density at radius 2 is 1.80 bits per heavy atom. The number of benzene rings is 1. The minimum Gasteiger partial charge on any atom is -0.399 e. The Morgan fingerprint density at radius 1 is 1.10 bits per heavy atom. The van der Waals surface area contributed by atoms with E-state index in [1.54, 1.807) is 6.07 Å². The van der Waals surface area contributed by atoms with E-state index in [9.17, 15) is 4.79 Å². The fourth-order valence-corrected chi connectivity index (χ4v) is 3.41. The summed E-state index contributed by atoms with van der Waals surface area (Å²) in [6.07, 6.45) is 5.41. The minimum atomic E-state index is 0.114. The first-order valence-electron chi connectivity index (χ1n) is 7.63. The topological polar surface area (TPSA) is 49.6 Å². The van der Waals surface area contributed by atoms with Crippen LogP contribution < -0.4 is 5.73 Å². The Hall–Kier alpha value is -1.55. The molecule has 3 rings (SSSR count). The Bertz CT molecular complexity index is 474. The van der Waals surface area contributed by atoms with Crippen molar-refractivity contribution in [2.75, 3.05) is 31.9 Å². The molecule has 0 aromatic heterocycles. The predicted octanol–water partition coefficient (Wildman–Crippen LogP) is 1.97. The van der Waals surface area contributed by atoms with Crippen molar-refractivity contribution in [2.45, 2.75) is 31.7 Å². The first-order valence-corrected chi connectivity index (χ1v) is 7.63. The third-order valence-electron chi connectivity index (χ3n) is 4.58. The molecule has 0 bridgehead atoms. The van der Waals surface area contributed by atoms with Crippen molar-refractivity contribution in [1.29, 1.82) is 0 Å². The minimum absolute atomic E-state index is 0.114. The molecule has 2 aliphatic rings. The van der Waals surface area contributed by atoms with Gasteiger partial charge in [0.1, 0.15) is 0 Å². The van der Waals surface area contributed by atoms with E-state index in [1.165, 1.54) is 25.7 Å². The summed E-state index contributed by atoms with van der Waals surface area (Å²) in [6.45, 7) is 3.70. The summed E-state index contributed by atoms with van der Waals surface area (Å²) < 4.78 is 0. The Labute approximate surface area is 120 Å². The van der Waals surface area contributed by atoms with Crippen LogP contribution >= 0.6 is 0 Å². The average Bonchev–Trinajstić information content (AvgIpc) is 3.01. The van der Waals surface area contributed by atoms with E-state index in [1.807, 2.05) is 23.1 Å².